The van der Waals surface area contributed by atoms with Gasteiger partial charge in [-0.15, -0.1) is 10.2 Å². The predicted molar refractivity (Wildman–Crippen MR) is 133 cm³/mol. The smallest absolute Gasteiger partial charge is 0.246 e. The molecular formula is C27H38N4O2S. The molecule has 0 spiro atoms. The Bertz CT molecular complexity index is 1020. The van der Waals surface area contributed by atoms with E-state index in [1.165, 1.54) is 38.5 Å². The number of nitrogens with zero attached hydrogens (tertiary/aromatic N) is 3. The van der Waals surface area contributed by atoms with Gasteiger partial charge in [-0.3, -0.25) is 9.59 Å². The van der Waals surface area contributed by atoms with E-state index >= 15 is 0 Å². The number of fused-ring (bicyclic) bond motifs is 5. The molecule has 6 nitrogen and oxygen atoms in total. The number of carbonyl (C=O) groups is 2. The van der Waals surface area contributed by atoms with Crippen LogP contribution in [0.3, 0.4) is 0 Å². The van der Waals surface area contributed by atoms with Crippen LogP contribution in [0.2, 0.25) is 0 Å². The zero-order valence-electron chi connectivity index (χ0n) is 20.8. The first-order valence-corrected chi connectivity index (χ1v) is 14.3. The van der Waals surface area contributed by atoms with Gasteiger partial charge in [0.15, 0.2) is 0 Å². The zero-order valence-corrected chi connectivity index (χ0v) is 21.6. The second kappa shape index (κ2) is 8.14. The largest absolute Gasteiger partial charge is 0.336 e. The minimum Gasteiger partial charge on any atom is -0.336 e. The molecule has 5 aliphatic rings. The van der Waals surface area contributed by atoms with E-state index < -0.39 is 0 Å². The van der Waals surface area contributed by atoms with E-state index in [2.05, 4.69) is 47.3 Å². The lowest BCUT2D eigenvalue weighted by Crippen LogP contribution is -2.60. The fourth-order valence-electron chi connectivity index (χ4n) is 8.59. The van der Waals surface area contributed by atoms with E-state index in [9.17, 15) is 9.59 Å². The third-order valence-corrected chi connectivity index (χ3v) is 11.6. The molecule has 4 aliphatic carbocycles. The molecule has 0 bridgehead atoms. The normalized spacial score (nSPS) is 41.1. The summed E-state index contributed by atoms with van der Waals surface area (Å²) in [5.41, 5.74) is 0.321. The topological polar surface area (TPSA) is 75.2 Å². The molecular weight excluding hydrogens is 444 g/mol. The lowest BCUT2D eigenvalue weighted by Gasteiger charge is -2.60. The molecule has 1 N–H and O–H groups in total. The minimum atomic E-state index is 0.0841. The monoisotopic (exact) mass is 482 g/mol. The molecule has 0 saturated heterocycles. The van der Waals surface area contributed by atoms with Crippen LogP contribution in [0.1, 0.15) is 89.5 Å². The van der Waals surface area contributed by atoms with Crippen LogP contribution in [0.25, 0.3) is 0 Å². The summed E-state index contributed by atoms with van der Waals surface area (Å²) in [5, 5.41) is 13.3. The van der Waals surface area contributed by atoms with Crippen LogP contribution in [-0.2, 0) is 9.59 Å². The van der Waals surface area contributed by atoms with Crippen LogP contribution >= 0.6 is 11.3 Å². The van der Waals surface area contributed by atoms with E-state index in [4.69, 9.17) is 0 Å². The van der Waals surface area contributed by atoms with Crippen LogP contribution in [0.4, 0.5) is 5.13 Å². The predicted octanol–water partition coefficient (Wildman–Crippen LogP) is 5.39. The third kappa shape index (κ3) is 3.48. The van der Waals surface area contributed by atoms with Gasteiger partial charge < -0.3 is 10.2 Å². The van der Waals surface area contributed by atoms with Gasteiger partial charge >= 0.3 is 0 Å². The summed E-state index contributed by atoms with van der Waals surface area (Å²) in [6.07, 6.45) is 14.2. The van der Waals surface area contributed by atoms with Gasteiger partial charge in [-0.25, -0.2) is 0 Å². The Balaban J connectivity index is 1.15. The number of hydrogen-bond donors (Lipinski definition) is 1. The lowest BCUT2D eigenvalue weighted by molar-refractivity contribution is -0.141. The Morgan fingerprint density at radius 2 is 1.94 bits per heavy atom. The Labute approximate surface area is 207 Å². The fourth-order valence-corrected chi connectivity index (χ4v) is 9.52. The maximum atomic E-state index is 13.0. The van der Waals surface area contributed by atoms with Crippen LogP contribution in [0, 0.1) is 34.5 Å². The minimum absolute atomic E-state index is 0.0841. The number of likely N-dealkylation sites (N-methyl/N-ethyl adjacent to an activating group) is 1. The molecule has 184 valence electrons. The highest BCUT2D eigenvalue weighted by atomic mass is 32.1. The first-order chi connectivity index (χ1) is 16.3. The molecule has 0 radical (unpaired) electrons. The van der Waals surface area contributed by atoms with Crippen molar-refractivity contribution < 1.29 is 9.59 Å². The Morgan fingerprint density at radius 3 is 2.71 bits per heavy atom. The fraction of sp³-hybridized carbons (Fsp3) is 0.778. The summed E-state index contributed by atoms with van der Waals surface area (Å²) >= 11 is 1.55. The van der Waals surface area contributed by atoms with Gasteiger partial charge in [0, 0.05) is 30.3 Å². The molecule has 1 aromatic heterocycles. The number of anilines is 1. The molecule has 4 fully saturated rings. The molecule has 4 saturated carbocycles. The zero-order chi connectivity index (χ0) is 23.7. The van der Waals surface area contributed by atoms with Crippen molar-refractivity contribution in [2.75, 3.05) is 11.9 Å². The van der Waals surface area contributed by atoms with E-state index in [1.54, 1.807) is 11.3 Å². The summed E-state index contributed by atoms with van der Waals surface area (Å²) in [4.78, 5) is 27.6. The molecule has 2 heterocycles. The second-order valence-electron chi connectivity index (χ2n) is 12.1. The van der Waals surface area contributed by atoms with Crippen molar-refractivity contribution in [1.29, 1.82) is 0 Å². The Kier molecular flexibility index (Phi) is 5.43. The summed E-state index contributed by atoms with van der Waals surface area (Å²) in [6.45, 7) is 7.81. The van der Waals surface area contributed by atoms with Crippen molar-refractivity contribution in [3.05, 3.63) is 17.2 Å². The van der Waals surface area contributed by atoms with Crippen molar-refractivity contribution in [3.8, 4) is 0 Å². The number of carbonyl (C=O) groups excluding carboxylic acids is 2. The molecule has 1 aliphatic heterocycles. The molecule has 34 heavy (non-hydrogen) atoms. The highest BCUT2D eigenvalue weighted by Gasteiger charge is 2.60. The first kappa shape index (κ1) is 22.7. The van der Waals surface area contributed by atoms with E-state index in [0.29, 0.717) is 47.2 Å². The highest BCUT2D eigenvalue weighted by Crippen LogP contribution is 2.66. The van der Waals surface area contributed by atoms with Crippen molar-refractivity contribution >= 4 is 28.3 Å². The molecule has 7 atom stereocenters. The molecule has 7 heteroatoms. The molecule has 1 aromatic rings. The van der Waals surface area contributed by atoms with E-state index in [1.807, 2.05) is 6.08 Å². The molecule has 6 rings (SSSR count). The van der Waals surface area contributed by atoms with Gasteiger partial charge in [-0.2, -0.15) is 0 Å². The Hall–Kier alpha value is -1.76. The van der Waals surface area contributed by atoms with Crippen LogP contribution in [0.15, 0.2) is 12.2 Å². The molecule has 0 aromatic carbocycles. The summed E-state index contributed by atoms with van der Waals surface area (Å²) < 4.78 is 0. The third-order valence-electron chi connectivity index (χ3n) is 10.6. The van der Waals surface area contributed by atoms with Gasteiger partial charge in [0.25, 0.3) is 0 Å². The van der Waals surface area contributed by atoms with Crippen molar-refractivity contribution in [3.63, 3.8) is 0 Å². The number of aromatic nitrogens is 2. The SMILES string of the molecule is CCN1C(=O)C=C[C@]2(C)[C@H]3CC[C@]4(C)[C@@H](CC(=O)Nc5nnc(C6CC6)s5)CC[C@H]4[C@@H]3CC[C@@H]12. The average molecular weight is 483 g/mol. The summed E-state index contributed by atoms with van der Waals surface area (Å²) in [6, 6.07) is 0.344. The molecule has 0 unspecified atom stereocenters. The molecule has 2 amide bonds. The number of hydrogen-bond acceptors (Lipinski definition) is 5. The van der Waals surface area contributed by atoms with Gasteiger partial charge in [0.2, 0.25) is 16.9 Å². The highest BCUT2D eigenvalue weighted by molar-refractivity contribution is 7.15. The van der Waals surface area contributed by atoms with E-state index in [0.717, 1.165) is 24.4 Å². The quantitative estimate of drug-likeness (QED) is 0.611. The summed E-state index contributed by atoms with van der Waals surface area (Å²) in [7, 11) is 0. The van der Waals surface area contributed by atoms with Gasteiger partial charge in [-0.1, -0.05) is 31.3 Å². The number of amides is 2. The average Bonchev–Trinajstić information content (AvgIpc) is 3.47. The van der Waals surface area contributed by atoms with Crippen LogP contribution < -0.4 is 5.32 Å². The van der Waals surface area contributed by atoms with Crippen LogP contribution in [-0.4, -0.2) is 39.5 Å². The standard InChI is InChI=1S/C27H38N4O2S/c1-4-31-21-10-8-18-19-9-7-17(15-22(32)28-25-30-29-24(34-25)16-5-6-16)26(19,2)13-11-20(18)27(21,3)14-12-23(31)33/h12,14,16-21H,4-11,13,15H2,1-3H3,(H,28,30,32)/t17-,18+,19+,20+,21-,26-,27-/m1/s1. The lowest BCUT2D eigenvalue weighted by atomic mass is 9.47. The van der Waals surface area contributed by atoms with E-state index in [-0.39, 0.29) is 22.6 Å². The maximum Gasteiger partial charge on any atom is 0.246 e. The van der Waals surface area contributed by atoms with Crippen molar-refractivity contribution in [2.45, 2.75) is 90.5 Å². The second-order valence-corrected chi connectivity index (χ2v) is 13.1. The van der Waals surface area contributed by atoms with Gasteiger partial charge in [0.05, 0.1) is 0 Å². The van der Waals surface area contributed by atoms with Gasteiger partial charge in [-0.05, 0) is 93.5 Å². The van der Waals surface area contributed by atoms with Gasteiger partial charge in [0.1, 0.15) is 5.01 Å². The first-order valence-electron chi connectivity index (χ1n) is 13.5. The number of nitrogens with one attached hydrogen (secondary N) is 1. The summed E-state index contributed by atoms with van der Waals surface area (Å²) in [5.74, 6) is 3.34. The maximum absolute atomic E-state index is 13.0. The Morgan fingerprint density at radius 1 is 1.12 bits per heavy atom. The van der Waals surface area contributed by atoms with Crippen LogP contribution in [0.5, 0.6) is 0 Å². The number of rotatable bonds is 5. The van der Waals surface area contributed by atoms with Crippen molar-refractivity contribution in [2.24, 2.45) is 34.5 Å². The van der Waals surface area contributed by atoms with Crippen molar-refractivity contribution in [1.82, 2.24) is 15.1 Å².